The van der Waals surface area contributed by atoms with Gasteiger partial charge in [-0.2, -0.15) is 0 Å². The number of hydrogen-bond acceptors (Lipinski definition) is 1. The molecule has 1 aliphatic heterocycles. The van der Waals surface area contributed by atoms with E-state index in [-0.39, 0.29) is 0 Å². The Bertz CT molecular complexity index is 222. The monoisotopic (exact) mass is 148 g/mol. The Morgan fingerprint density at radius 1 is 1.27 bits per heavy atom. The van der Waals surface area contributed by atoms with Crippen LogP contribution in [0.15, 0.2) is 24.3 Å². The fourth-order valence-corrected chi connectivity index (χ4v) is 1.24. The van der Waals surface area contributed by atoms with Crippen LogP contribution in [0.3, 0.4) is 0 Å². The summed E-state index contributed by atoms with van der Waals surface area (Å²) < 4.78 is 5.21. The molecule has 57 valence electrons. The van der Waals surface area contributed by atoms with Crippen LogP contribution in [0, 0.1) is 0 Å². The van der Waals surface area contributed by atoms with Gasteiger partial charge in [0.25, 0.3) is 0 Å². The molecule has 1 heterocycles. The molecule has 1 aliphatic rings. The Morgan fingerprint density at radius 2 is 2.18 bits per heavy atom. The average molecular weight is 148 g/mol. The maximum absolute atomic E-state index is 5.21. The summed E-state index contributed by atoms with van der Waals surface area (Å²) in [5.41, 5.74) is 2.38. The quantitative estimate of drug-likeness (QED) is 0.546. The van der Waals surface area contributed by atoms with Gasteiger partial charge >= 0.3 is 0 Å². The van der Waals surface area contributed by atoms with E-state index in [1.54, 1.807) is 0 Å². The summed E-state index contributed by atoms with van der Waals surface area (Å²) in [5.74, 6) is 0. The Morgan fingerprint density at radius 3 is 3.18 bits per heavy atom. The second kappa shape index (κ2) is 2.93. The fourth-order valence-electron chi connectivity index (χ4n) is 1.24. The van der Waals surface area contributed by atoms with Crippen molar-refractivity contribution in [3.63, 3.8) is 0 Å². The van der Waals surface area contributed by atoms with Crippen molar-refractivity contribution >= 4 is 5.69 Å². The second-order valence-electron chi connectivity index (χ2n) is 2.57. The number of ether oxygens (including phenoxy) is 1. The second-order valence-corrected chi connectivity index (χ2v) is 2.57. The first-order chi connectivity index (χ1) is 5.47. The van der Waals surface area contributed by atoms with Crippen LogP contribution in [0.5, 0.6) is 0 Å². The van der Waals surface area contributed by atoms with Crippen molar-refractivity contribution < 1.29 is 4.74 Å². The maximum Gasteiger partial charge on any atom is 0.138 e. The zero-order valence-corrected chi connectivity index (χ0v) is 6.29. The summed E-state index contributed by atoms with van der Waals surface area (Å²) in [6.45, 7) is 1.30. The molecule has 0 fully saturated rings. The molecule has 0 N–H and O–H groups in total. The number of benzene rings is 1. The summed E-state index contributed by atoms with van der Waals surface area (Å²) in [4.78, 5) is 0. The molecule has 2 heteroatoms. The van der Waals surface area contributed by atoms with Crippen LogP contribution >= 0.6 is 0 Å². The van der Waals surface area contributed by atoms with Gasteiger partial charge in [-0.1, -0.05) is 18.2 Å². The van der Waals surface area contributed by atoms with Crippen molar-refractivity contribution in [1.29, 1.82) is 0 Å². The molecule has 2 rings (SSSR count). The predicted octanol–water partition coefficient (Wildman–Crippen LogP) is 1.45. The Balaban J connectivity index is 2.33. The number of para-hydroxylation sites is 1. The Hall–Kier alpha value is -1.02. The summed E-state index contributed by atoms with van der Waals surface area (Å²) in [6, 6.07) is 8.19. The first kappa shape index (κ1) is 6.68. The summed E-state index contributed by atoms with van der Waals surface area (Å²) in [6.07, 6.45) is 0.986. The lowest BCUT2D eigenvalue weighted by Crippen LogP contribution is -2.01. The molecule has 0 saturated carbocycles. The van der Waals surface area contributed by atoms with Crippen molar-refractivity contribution in [2.24, 2.45) is 0 Å². The molecule has 11 heavy (non-hydrogen) atoms. The highest BCUT2D eigenvalue weighted by atomic mass is 16.5. The standard InChI is InChI=1S/C9H10NO/c1-2-4-9-8(3-1)5-6-11-7-10-9/h1-4H,5-7H2. The molecule has 0 saturated heterocycles. The molecular weight excluding hydrogens is 138 g/mol. The van der Waals surface area contributed by atoms with Crippen molar-refractivity contribution in [2.75, 3.05) is 13.3 Å². The molecule has 0 aliphatic carbocycles. The summed E-state index contributed by atoms with van der Waals surface area (Å²) in [5, 5.41) is 4.26. The number of rotatable bonds is 0. The van der Waals surface area contributed by atoms with Gasteiger partial charge in [0, 0.05) is 0 Å². The van der Waals surface area contributed by atoms with E-state index in [0.29, 0.717) is 6.73 Å². The van der Waals surface area contributed by atoms with E-state index >= 15 is 0 Å². The highest BCUT2D eigenvalue weighted by Gasteiger charge is 2.05. The van der Waals surface area contributed by atoms with Gasteiger partial charge in [-0.05, 0) is 18.1 Å². The third-order valence-corrected chi connectivity index (χ3v) is 1.83. The van der Waals surface area contributed by atoms with Gasteiger partial charge in [0.15, 0.2) is 0 Å². The highest BCUT2D eigenvalue weighted by molar-refractivity contribution is 5.45. The van der Waals surface area contributed by atoms with E-state index in [1.807, 2.05) is 18.2 Å². The lowest BCUT2D eigenvalue weighted by molar-refractivity contribution is 0.134. The van der Waals surface area contributed by atoms with Crippen LogP contribution in [-0.2, 0) is 11.2 Å². The van der Waals surface area contributed by atoms with Crippen molar-refractivity contribution in [3.8, 4) is 0 Å². The normalized spacial score (nSPS) is 16.4. The molecule has 0 spiro atoms. The number of hydrogen-bond donors (Lipinski definition) is 0. The molecular formula is C9H10NO. The topological polar surface area (TPSA) is 23.3 Å². The zero-order chi connectivity index (χ0) is 7.52. The van der Waals surface area contributed by atoms with Crippen molar-refractivity contribution in [1.82, 2.24) is 5.32 Å². The number of nitrogens with zero attached hydrogens (tertiary/aromatic N) is 1. The molecule has 1 aromatic carbocycles. The summed E-state index contributed by atoms with van der Waals surface area (Å²) in [7, 11) is 0. The van der Waals surface area contributed by atoms with E-state index in [0.717, 1.165) is 18.7 Å². The molecule has 0 unspecified atom stereocenters. The van der Waals surface area contributed by atoms with Gasteiger partial charge in [0.05, 0.1) is 12.3 Å². The van der Waals surface area contributed by atoms with E-state index in [1.165, 1.54) is 5.56 Å². The van der Waals surface area contributed by atoms with Gasteiger partial charge in [-0.3, -0.25) is 5.32 Å². The van der Waals surface area contributed by atoms with Crippen LogP contribution in [0.1, 0.15) is 5.56 Å². The minimum Gasteiger partial charge on any atom is -0.359 e. The highest BCUT2D eigenvalue weighted by Crippen LogP contribution is 2.17. The smallest absolute Gasteiger partial charge is 0.138 e. The minimum atomic E-state index is 0.511. The van der Waals surface area contributed by atoms with Crippen LogP contribution in [-0.4, -0.2) is 13.3 Å². The average Bonchev–Trinajstić information content (AvgIpc) is 2.28. The van der Waals surface area contributed by atoms with Crippen LogP contribution in [0.25, 0.3) is 0 Å². The van der Waals surface area contributed by atoms with Crippen LogP contribution < -0.4 is 5.32 Å². The van der Waals surface area contributed by atoms with Gasteiger partial charge in [-0.15, -0.1) is 0 Å². The van der Waals surface area contributed by atoms with Crippen LogP contribution in [0.2, 0.25) is 0 Å². The predicted molar refractivity (Wildman–Crippen MR) is 42.8 cm³/mol. The molecule has 0 bridgehead atoms. The van der Waals surface area contributed by atoms with E-state index in [2.05, 4.69) is 11.4 Å². The lowest BCUT2D eigenvalue weighted by Gasteiger charge is -2.01. The first-order valence-electron chi connectivity index (χ1n) is 3.80. The third kappa shape index (κ3) is 1.35. The van der Waals surface area contributed by atoms with E-state index < -0.39 is 0 Å². The summed E-state index contributed by atoms with van der Waals surface area (Å²) >= 11 is 0. The first-order valence-corrected chi connectivity index (χ1v) is 3.80. The van der Waals surface area contributed by atoms with Gasteiger partial charge in [0.2, 0.25) is 0 Å². The van der Waals surface area contributed by atoms with E-state index in [9.17, 15) is 0 Å². The maximum atomic E-state index is 5.21. The molecule has 1 radical (unpaired) electrons. The van der Waals surface area contributed by atoms with Gasteiger partial charge in [0.1, 0.15) is 6.73 Å². The minimum absolute atomic E-state index is 0.511. The molecule has 2 nitrogen and oxygen atoms in total. The molecule has 1 aromatic rings. The molecule has 0 aromatic heterocycles. The van der Waals surface area contributed by atoms with Gasteiger partial charge < -0.3 is 4.74 Å². The van der Waals surface area contributed by atoms with Crippen LogP contribution in [0.4, 0.5) is 5.69 Å². The van der Waals surface area contributed by atoms with E-state index in [4.69, 9.17) is 4.74 Å². The Kier molecular flexibility index (Phi) is 1.78. The van der Waals surface area contributed by atoms with Crippen molar-refractivity contribution in [2.45, 2.75) is 6.42 Å². The van der Waals surface area contributed by atoms with Crippen molar-refractivity contribution in [3.05, 3.63) is 29.8 Å². The SMILES string of the molecule is c1ccc2c(c1)CCOC[N]2. The third-order valence-electron chi connectivity index (χ3n) is 1.83. The van der Waals surface area contributed by atoms with Gasteiger partial charge in [-0.25, -0.2) is 0 Å². The zero-order valence-electron chi connectivity index (χ0n) is 6.29. The fraction of sp³-hybridized carbons (Fsp3) is 0.333. The number of fused-ring (bicyclic) bond motifs is 1. The lowest BCUT2D eigenvalue weighted by atomic mass is 10.1. The Labute approximate surface area is 66.2 Å². The molecule has 0 atom stereocenters. The largest absolute Gasteiger partial charge is 0.359 e. The molecule has 0 amide bonds.